The summed E-state index contributed by atoms with van der Waals surface area (Å²) < 4.78 is 7.72. The maximum Gasteiger partial charge on any atom is 0.119 e. The van der Waals surface area contributed by atoms with Gasteiger partial charge in [-0.05, 0) is 55.5 Å². The standard InChI is InChI=1S/C23H21N3O/c1-15-5-8-20-18(11-15)19-13-17(27-4)7-10-21(19)26(20)22-9-6-16(14-24)12-23(22)25(2)3/h5-13H,1-4H3. The normalized spacial score (nSPS) is 10.9. The first-order chi connectivity index (χ1) is 13.0. The van der Waals surface area contributed by atoms with Gasteiger partial charge >= 0.3 is 0 Å². The van der Waals surface area contributed by atoms with Crippen LogP contribution in [0.15, 0.2) is 54.6 Å². The summed E-state index contributed by atoms with van der Waals surface area (Å²) in [5.74, 6) is 0.843. The molecule has 0 saturated heterocycles. The molecule has 0 spiro atoms. The van der Waals surface area contributed by atoms with Crippen LogP contribution in [0.25, 0.3) is 27.5 Å². The van der Waals surface area contributed by atoms with Crippen molar-refractivity contribution in [2.24, 2.45) is 0 Å². The zero-order valence-electron chi connectivity index (χ0n) is 15.9. The molecule has 4 aromatic rings. The third kappa shape index (κ3) is 2.69. The third-order valence-electron chi connectivity index (χ3n) is 4.95. The van der Waals surface area contributed by atoms with Gasteiger partial charge in [0.05, 0.1) is 41.2 Å². The molecule has 27 heavy (non-hydrogen) atoms. The van der Waals surface area contributed by atoms with E-state index in [1.807, 2.05) is 43.3 Å². The molecule has 134 valence electrons. The van der Waals surface area contributed by atoms with Gasteiger partial charge in [-0.3, -0.25) is 0 Å². The molecule has 0 N–H and O–H groups in total. The number of hydrogen-bond donors (Lipinski definition) is 0. The van der Waals surface area contributed by atoms with Crippen molar-refractivity contribution in [1.82, 2.24) is 4.57 Å². The molecule has 1 aromatic heterocycles. The van der Waals surface area contributed by atoms with Crippen LogP contribution in [0.5, 0.6) is 5.75 Å². The second kappa shape index (κ2) is 6.37. The van der Waals surface area contributed by atoms with Crippen molar-refractivity contribution in [1.29, 1.82) is 5.26 Å². The Morgan fingerprint density at radius 3 is 2.30 bits per heavy atom. The van der Waals surface area contributed by atoms with Crippen LogP contribution >= 0.6 is 0 Å². The SMILES string of the molecule is COc1ccc2c(c1)c1cc(C)ccc1n2-c1ccc(C#N)cc1N(C)C. The number of aromatic nitrogens is 1. The zero-order chi connectivity index (χ0) is 19.1. The topological polar surface area (TPSA) is 41.2 Å². The molecule has 0 fully saturated rings. The van der Waals surface area contributed by atoms with Crippen molar-refractivity contribution in [3.63, 3.8) is 0 Å². The fourth-order valence-corrected chi connectivity index (χ4v) is 3.64. The fraction of sp³-hybridized carbons (Fsp3) is 0.174. The van der Waals surface area contributed by atoms with E-state index in [0.29, 0.717) is 5.56 Å². The molecule has 4 heteroatoms. The first-order valence-corrected chi connectivity index (χ1v) is 8.84. The lowest BCUT2D eigenvalue weighted by molar-refractivity contribution is 0.415. The lowest BCUT2D eigenvalue weighted by Crippen LogP contribution is -2.12. The lowest BCUT2D eigenvalue weighted by Gasteiger charge is -2.20. The van der Waals surface area contributed by atoms with Crippen LogP contribution in [-0.4, -0.2) is 25.8 Å². The Kier molecular flexibility index (Phi) is 4.01. The molecule has 1 heterocycles. The smallest absolute Gasteiger partial charge is 0.119 e. The van der Waals surface area contributed by atoms with Gasteiger partial charge in [-0.25, -0.2) is 0 Å². The van der Waals surface area contributed by atoms with E-state index in [2.05, 4.69) is 47.9 Å². The molecule has 0 saturated carbocycles. The van der Waals surface area contributed by atoms with Crippen molar-refractivity contribution in [2.45, 2.75) is 6.92 Å². The molecule has 4 nitrogen and oxygen atoms in total. The van der Waals surface area contributed by atoms with Gasteiger partial charge in [0.25, 0.3) is 0 Å². The van der Waals surface area contributed by atoms with E-state index in [0.717, 1.165) is 33.5 Å². The number of rotatable bonds is 3. The summed E-state index contributed by atoms with van der Waals surface area (Å²) in [6, 6.07) is 20.8. The van der Waals surface area contributed by atoms with E-state index in [9.17, 15) is 5.26 Å². The van der Waals surface area contributed by atoms with Gasteiger partial charge in [0.1, 0.15) is 5.75 Å². The van der Waals surface area contributed by atoms with Crippen LogP contribution in [0.4, 0.5) is 5.69 Å². The highest BCUT2D eigenvalue weighted by molar-refractivity contribution is 6.10. The predicted molar refractivity (Wildman–Crippen MR) is 111 cm³/mol. The Bertz CT molecular complexity index is 1210. The molecule has 0 amide bonds. The summed E-state index contributed by atoms with van der Waals surface area (Å²) in [7, 11) is 5.69. The highest BCUT2D eigenvalue weighted by atomic mass is 16.5. The highest BCUT2D eigenvalue weighted by Crippen LogP contribution is 2.37. The monoisotopic (exact) mass is 355 g/mol. The number of nitriles is 1. The molecule has 0 aliphatic carbocycles. The summed E-state index contributed by atoms with van der Waals surface area (Å²) in [4.78, 5) is 2.05. The Morgan fingerprint density at radius 1 is 0.926 bits per heavy atom. The lowest BCUT2D eigenvalue weighted by atomic mass is 10.1. The average molecular weight is 355 g/mol. The van der Waals surface area contributed by atoms with Crippen LogP contribution in [0, 0.1) is 18.3 Å². The number of nitrogens with zero attached hydrogens (tertiary/aromatic N) is 3. The van der Waals surface area contributed by atoms with Crippen molar-refractivity contribution in [3.8, 4) is 17.5 Å². The minimum absolute atomic E-state index is 0.653. The first kappa shape index (κ1) is 17.0. The van der Waals surface area contributed by atoms with Gasteiger partial charge in [-0.2, -0.15) is 5.26 Å². The number of methoxy groups -OCH3 is 1. The number of ether oxygens (including phenoxy) is 1. The number of benzene rings is 3. The fourth-order valence-electron chi connectivity index (χ4n) is 3.64. The maximum absolute atomic E-state index is 9.31. The summed E-state index contributed by atoms with van der Waals surface area (Å²) >= 11 is 0. The van der Waals surface area contributed by atoms with Crippen LogP contribution in [-0.2, 0) is 0 Å². The molecule has 0 radical (unpaired) electrons. The molecule has 0 unspecified atom stereocenters. The largest absolute Gasteiger partial charge is 0.497 e. The third-order valence-corrected chi connectivity index (χ3v) is 4.95. The number of anilines is 1. The molecule has 0 bridgehead atoms. The summed E-state index contributed by atoms with van der Waals surface area (Å²) in [5.41, 5.74) is 6.18. The minimum Gasteiger partial charge on any atom is -0.497 e. The summed E-state index contributed by atoms with van der Waals surface area (Å²) in [6.07, 6.45) is 0. The second-order valence-corrected chi connectivity index (χ2v) is 6.95. The van der Waals surface area contributed by atoms with Crippen molar-refractivity contribution in [3.05, 3.63) is 65.7 Å². The molecule has 0 atom stereocenters. The van der Waals surface area contributed by atoms with Crippen molar-refractivity contribution in [2.75, 3.05) is 26.1 Å². The van der Waals surface area contributed by atoms with Crippen LogP contribution in [0.1, 0.15) is 11.1 Å². The highest BCUT2D eigenvalue weighted by Gasteiger charge is 2.16. The van der Waals surface area contributed by atoms with E-state index < -0.39 is 0 Å². The molecule has 4 rings (SSSR count). The molecule has 3 aromatic carbocycles. The Hall–Kier alpha value is -3.45. The number of aryl methyl sites for hydroxylation is 1. The van der Waals surface area contributed by atoms with E-state index in [4.69, 9.17) is 4.74 Å². The van der Waals surface area contributed by atoms with E-state index >= 15 is 0 Å². The van der Waals surface area contributed by atoms with E-state index in [-0.39, 0.29) is 0 Å². The number of hydrogen-bond acceptors (Lipinski definition) is 3. The first-order valence-electron chi connectivity index (χ1n) is 8.84. The Morgan fingerprint density at radius 2 is 1.63 bits per heavy atom. The van der Waals surface area contributed by atoms with Gasteiger partial charge in [-0.1, -0.05) is 11.6 Å². The van der Waals surface area contributed by atoms with Gasteiger partial charge in [-0.15, -0.1) is 0 Å². The molecule has 0 aliphatic rings. The van der Waals surface area contributed by atoms with Crippen molar-refractivity contribution < 1.29 is 4.74 Å². The quantitative estimate of drug-likeness (QED) is 0.517. The van der Waals surface area contributed by atoms with E-state index in [1.54, 1.807) is 7.11 Å². The summed E-state index contributed by atoms with van der Waals surface area (Å²) in [6.45, 7) is 2.11. The average Bonchev–Trinajstić information content (AvgIpc) is 3.00. The zero-order valence-corrected chi connectivity index (χ0v) is 15.9. The van der Waals surface area contributed by atoms with Gasteiger partial charge < -0.3 is 14.2 Å². The maximum atomic E-state index is 9.31. The Balaban J connectivity index is 2.15. The summed E-state index contributed by atoms with van der Waals surface area (Å²) in [5, 5.41) is 11.7. The molecule has 0 aliphatic heterocycles. The minimum atomic E-state index is 0.653. The Labute approximate surface area is 158 Å². The molecular weight excluding hydrogens is 334 g/mol. The van der Waals surface area contributed by atoms with Gasteiger partial charge in [0, 0.05) is 24.9 Å². The molecular formula is C23H21N3O. The van der Waals surface area contributed by atoms with Gasteiger partial charge in [0.2, 0.25) is 0 Å². The van der Waals surface area contributed by atoms with Crippen LogP contribution in [0.2, 0.25) is 0 Å². The van der Waals surface area contributed by atoms with Crippen LogP contribution in [0.3, 0.4) is 0 Å². The van der Waals surface area contributed by atoms with Crippen LogP contribution < -0.4 is 9.64 Å². The van der Waals surface area contributed by atoms with E-state index in [1.165, 1.54) is 10.9 Å². The second-order valence-electron chi connectivity index (χ2n) is 6.95. The number of fused-ring (bicyclic) bond motifs is 3. The van der Waals surface area contributed by atoms with Crippen molar-refractivity contribution >= 4 is 27.5 Å². The predicted octanol–water partition coefficient (Wildman–Crippen LogP) is 5.04. The van der Waals surface area contributed by atoms with Gasteiger partial charge in [0.15, 0.2) is 0 Å².